The number of rotatable bonds is 2. The Hall–Kier alpha value is -1.31. The molecule has 0 aliphatic rings. The van der Waals surface area contributed by atoms with Crippen molar-refractivity contribution in [2.75, 3.05) is 0 Å². The van der Waals surface area contributed by atoms with E-state index in [4.69, 9.17) is 0 Å². The summed E-state index contributed by atoms with van der Waals surface area (Å²) < 4.78 is 0. The van der Waals surface area contributed by atoms with Gasteiger partial charge in [-0.05, 0) is 42.9 Å². The van der Waals surface area contributed by atoms with Crippen LogP contribution in [-0.4, -0.2) is 11.1 Å². The van der Waals surface area contributed by atoms with E-state index in [2.05, 4.69) is 26.8 Å². The third-order valence-electron chi connectivity index (χ3n) is 3.30. The molecule has 0 atom stereocenters. The Balaban J connectivity index is 3.29. The van der Waals surface area contributed by atoms with Crippen molar-refractivity contribution in [3.8, 4) is 0 Å². The first-order valence-corrected chi connectivity index (χ1v) is 5.92. The predicted molar refractivity (Wildman–Crippen MR) is 70.5 cm³/mol. The second-order valence-corrected chi connectivity index (χ2v) is 6.21. The minimum atomic E-state index is -0.833. The molecule has 1 rings (SSSR count). The second-order valence-electron chi connectivity index (χ2n) is 6.21. The van der Waals surface area contributed by atoms with Crippen LogP contribution in [0, 0.1) is 6.92 Å². The van der Waals surface area contributed by atoms with Crippen LogP contribution < -0.4 is 0 Å². The number of carboxylic acid groups (broad SMARTS) is 1. The van der Waals surface area contributed by atoms with Gasteiger partial charge in [0.15, 0.2) is 0 Å². The molecular weight excluding hydrogens is 212 g/mol. The molecule has 0 radical (unpaired) electrons. The van der Waals surface area contributed by atoms with E-state index in [1.54, 1.807) is 13.8 Å². The summed E-state index contributed by atoms with van der Waals surface area (Å²) in [6.07, 6.45) is 0. The lowest BCUT2D eigenvalue weighted by molar-refractivity contribution is -0.142. The molecule has 0 saturated heterocycles. The van der Waals surface area contributed by atoms with Crippen LogP contribution in [0.3, 0.4) is 0 Å². The van der Waals surface area contributed by atoms with Crippen molar-refractivity contribution < 1.29 is 9.90 Å². The van der Waals surface area contributed by atoms with Crippen LogP contribution in [0.4, 0.5) is 0 Å². The average molecular weight is 234 g/mol. The van der Waals surface area contributed by atoms with Gasteiger partial charge in [0.05, 0.1) is 5.41 Å². The zero-order valence-electron chi connectivity index (χ0n) is 11.6. The number of aliphatic carboxylic acids is 1. The molecule has 0 bridgehead atoms. The lowest BCUT2D eigenvalue weighted by Crippen LogP contribution is -2.29. The predicted octanol–water partition coefficient (Wildman–Crippen LogP) is 3.65. The zero-order chi connectivity index (χ0) is 13.4. The first-order valence-electron chi connectivity index (χ1n) is 5.92. The number of hydrogen-bond acceptors (Lipinski definition) is 1. The number of carbonyl (C=O) groups is 1. The highest BCUT2D eigenvalue weighted by Gasteiger charge is 2.31. The summed E-state index contributed by atoms with van der Waals surface area (Å²) in [4.78, 5) is 11.3. The Morgan fingerprint density at radius 2 is 1.65 bits per heavy atom. The Morgan fingerprint density at radius 3 is 2.00 bits per heavy atom. The summed E-state index contributed by atoms with van der Waals surface area (Å²) in [5.41, 5.74) is 2.43. The molecule has 0 fully saturated rings. The van der Waals surface area contributed by atoms with Crippen molar-refractivity contribution in [1.82, 2.24) is 0 Å². The maximum atomic E-state index is 11.3. The van der Waals surface area contributed by atoms with Crippen molar-refractivity contribution in [2.45, 2.75) is 52.4 Å². The fourth-order valence-corrected chi connectivity index (χ4v) is 1.95. The molecule has 2 nitrogen and oxygen atoms in total. The fourth-order valence-electron chi connectivity index (χ4n) is 1.95. The molecule has 2 heteroatoms. The summed E-state index contributed by atoms with van der Waals surface area (Å²) in [6.45, 7) is 11.9. The van der Waals surface area contributed by atoms with E-state index in [0.29, 0.717) is 0 Å². The smallest absolute Gasteiger partial charge is 0.313 e. The van der Waals surface area contributed by atoms with Gasteiger partial charge in [-0.2, -0.15) is 0 Å². The van der Waals surface area contributed by atoms with Gasteiger partial charge in [-0.15, -0.1) is 0 Å². The molecule has 0 heterocycles. The molecule has 17 heavy (non-hydrogen) atoms. The molecule has 1 aromatic carbocycles. The lowest BCUT2D eigenvalue weighted by Gasteiger charge is -2.25. The fraction of sp³-hybridized carbons (Fsp3) is 0.533. The Morgan fingerprint density at radius 1 is 1.12 bits per heavy atom. The highest BCUT2D eigenvalue weighted by molar-refractivity contribution is 5.80. The van der Waals surface area contributed by atoms with Crippen molar-refractivity contribution in [2.24, 2.45) is 0 Å². The normalized spacial score (nSPS) is 12.6. The SMILES string of the molecule is Cc1cc(C(C)(C)C)ccc1C(C)(C)C(=O)O. The van der Waals surface area contributed by atoms with Crippen LogP contribution in [0.25, 0.3) is 0 Å². The van der Waals surface area contributed by atoms with Crippen LogP contribution in [0.2, 0.25) is 0 Å². The number of hydrogen-bond donors (Lipinski definition) is 1. The van der Waals surface area contributed by atoms with Gasteiger partial charge in [0.25, 0.3) is 0 Å². The third-order valence-corrected chi connectivity index (χ3v) is 3.30. The van der Waals surface area contributed by atoms with Gasteiger partial charge in [0.2, 0.25) is 0 Å². The molecule has 94 valence electrons. The van der Waals surface area contributed by atoms with Crippen LogP contribution in [0.1, 0.15) is 51.3 Å². The standard InChI is InChI=1S/C15H22O2/c1-10-9-11(14(2,3)4)7-8-12(10)15(5,6)13(16)17/h7-9H,1-6H3,(H,16,17). The topological polar surface area (TPSA) is 37.3 Å². The minimum Gasteiger partial charge on any atom is -0.481 e. The van der Waals surface area contributed by atoms with E-state index in [9.17, 15) is 9.90 Å². The summed E-state index contributed by atoms with van der Waals surface area (Å²) in [6, 6.07) is 6.08. The molecule has 1 N–H and O–H groups in total. The maximum absolute atomic E-state index is 11.3. The van der Waals surface area contributed by atoms with Gasteiger partial charge in [0.1, 0.15) is 0 Å². The summed E-state index contributed by atoms with van der Waals surface area (Å²) >= 11 is 0. The van der Waals surface area contributed by atoms with Gasteiger partial charge < -0.3 is 5.11 Å². The summed E-state index contributed by atoms with van der Waals surface area (Å²) in [5.74, 6) is -0.788. The van der Waals surface area contributed by atoms with E-state index in [0.717, 1.165) is 11.1 Å². The highest BCUT2D eigenvalue weighted by atomic mass is 16.4. The highest BCUT2D eigenvalue weighted by Crippen LogP contribution is 2.30. The van der Waals surface area contributed by atoms with Gasteiger partial charge >= 0.3 is 5.97 Å². The minimum absolute atomic E-state index is 0.0939. The number of aryl methyl sites for hydroxylation is 1. The molecule has 1 aromatic rings. The van der Waals surface area contributed by atoms with Crippen LogP contribution in [-0.2, 0) is 15.6 Å². The van der Waals surface area contributed by atoms with Crippen molar-refractivity contribution in [3.05, 3.63) is 34.9 Å². The number of carboxylic acids is 1. The van der Waals surface area contributed by atoms with E-state index in [1.165, 1.54) is 5.56 Å². The Bertz CT molecular complexity index is 437. The largest absolute Gasteiger partial charge is 0.481 e. The summed E-state index contributed by atoms with van der Waals surface area (Å²) in [7, 11) is 0. The summed E-state index contributed by atoms with van der Waals surface area (Å²) in [5, 5.41) is 9.25. The lowest BCUT2D eigenvalue weighted by atomic mass is 9.78. The molecule has 0 aromatic heterocycles. The van der Waals surface area contributed by atoms with E-state index < -0.39 is 11.4 Å². The average Bonchev–Trinajstić information content (AvgIpc) is 2.15. The van der Waals surface area contributed by atoms with E-state index >= 15 is 0 Å². The number of benzene rings is 1. The molecule has 0 spiro atoms. The van der Waals surface area contributed by atoms with Crippen LogP contribution in [0.15, 0.2) is 18.2 Å². The van der Waals surface area contributed by atoms with Crippen molar-refractivity contribution >= 4 is 5.97 Å². The first-order chi connectivity index (χ1) is 7.56. The quantitative estimate of drug-likeness (QED) is 0.848. The molecule has 0 aliphatic heterocycles. The van der Waals surface area contributed by atoms with Gasteiger partial charge in [-0.25, -0.2) is 0 Å². The van der Waals surface area contributed by atoms with Crippen LogP contribution in [0.5, 0.6) is 0 Å². The molecule has 0 aliphatic carbocycles. The third kappa shape index (κ3) is 2.68. The molecule has 0 unspecified atom stereocenters. The van der Waals surface area contributed by atoms with E-state index in [-0.39, 0.29) is 5.41 Å². The van der Waals surface area contributed by atoms with Crippen LogP contribution >= 0.6 is 0 Å². The Labute approximate surface area is 104 Å². The molecular formula is C15H22O2. The van der Waals surface area contributed by atoms with Crippen molar-refractivity contribution in [3.63, 3.8) is 0 Å². The first kappa shape index (κ1) is 13.8. The zero-order valence-corrected chi connectivity index (χ0v) is 11.6. The van der Waals surface area contributed by atoms with Gasteiger partial charge in [0, 0.05) is 0 Å². The molecule has 0 amide bonds. The van der Waals surface area contributed by atoms with Gasteiger partial charge in [-0.3, -0.25) is 4.79 Å². The molecule has 0 saturated carbocycles. The maximum Gasteiger partial charge on any atom is 0.313 e. The van der Waals surface area contributed by atoms with Crippen molar-refractivity contribution in [1.29, 1.82) is 0 Å². The monoisotopic (exact) mass is 234 g/mol. The van der Waals surface area contributed by atoms with Gasteiger partial charge in [-0.1, -0.05) is 39.0 Å². The second kappa shape index (κ2) is 4.17. The van der Waals surface area contributed by atoms with E-state index in [1.807, 2.05) is 19.1 Å². The Kier molecular flexibility index (Phi) is 3.37.